The molecule has 3 rings (SSSR count). The van der Waals surface area contributed by atoms with Crippen LogP contribution in [0.25, 0.3) is 16.3 Å². The van der Waals surface area contributed by atoms with Gasteiger partial charge < -0.3 is 10.2 Å². The molecule has 1 saturated heterocycles. The van der Waals surface area contributed by atoms with Gasteiger partial charge in [0, 0.05) is 37.8 Å². The molecule has 108 valence electrons. The normalized spacial score (nSPS) is 15.8. The molecule has 0 bridgehead atoms. The van der Waals surface area contributed by atoms with E-state index in [0.717, 1.165) is 42.0 Å². The van der Waals surface area contributed by atoms with Crippen molar-refractivity contribution in [1.82, 2.24) is 10.3 Å². The van der Waals surface area contributed by atoms with Crippen LogP contribution in [0.15, 0.2) is 12.3 Å². The number of allylic oxidation sites excluding steroid dienone is 1. The van der Waals surface area contributed by atoms with E-state index in [2.05, 4.69) is 33.4 Å². The van der Waals surface area contributed by atoms with Crippen molar-refractivity contribution in [2.45, 2.75) is 13.8 Å². The number of nitriles is 1. The number of piperazine rings is 1. The minimum atomic E-state index is 0.670. The van der Waals surface area contributed by atoms with Crippen LogP contribution < -0.4 is 10.2 Å². The Labute approximate surface area is 128 Å². The van der Waals surface area contributed by atoms with E-state index >= 15 is 0 Å². The highest BCUT2D eigenvalue weighted by Crippen LogP contribution is 2.40. The predicted molar refractivity (Wildman–Crippen MR) is 88.9 cm³/mol. The van der Waals surface area contributed by atoms with Crippen LogP contribution in [-0.2, 0) is 0 Å². The Morgan fingerprint density at radius 1 is 1.43 bits per heavy atom. The van der Waals surface area contributed by atoms with Crippen molar-refractivity contribution in [1.29, 1.82) is 5.26 Å². The molecule has 21 heavy (non-hydrogen) atoms. The maximum absolute atomic E-state index is 9.27. The molecule has 1 aliphatic rings. The number of rotatable bonds is 2. The predicted octanol–water partition coefficient (Wildman–Crippen LogP) is 2.92. The van der Waals surface area contributed by atoms with Crippen molar-refractivity contribution >= 4 is 33.3 Å². The highest BCUT2D eigenvalue weighted by Gasteiger charge is 2.21. The fourth-order valence-corrected chi connectivity index (χ4v) is 3.99. The molecule has 0 spiro atoms. The van der Waals surface area contributed by atoms with Gasteiger partial charge in [0.2, 0.25) is 0 Å². The first-order valence-corrected chi connectivity index (χ1v) is 7.98. The first-order chi connectivity index (χ1) is 10.3. The van der Waals surface area contributed by atoms with Gasteiger partial charge in [0.25, 0.3) is 0 Å². The summed E-state index contributed by atoms with van der Waals surface area (Å²) in [6, 6.07) is 2.25. The number of nitrogens with zero attached hydrogens (tertiary/aromatic N) is 3. The van der Waals surface area contributed by atoms with Crippen molar-refractivity contribution in [3.8, 4) is 6.07 Å². The Morgan fingerprint density at radius 3 is 2.86 bits per heavy atom. The van der Waals surface area contributed by atoms with Crippen LogP contribution in [0.3, 0.4) is 0 Å². The molecular formula is C16H18N4S. The van der Waals surface area contributed by atoms with Crippen LogP contribution in [0.1, 0.15) is 22.9 Å². The topological polar surface area (TPSA) is 52.0 Å². The maximum atomic E-state index is 9.27. The van der Waals surface area contributed by atoms with Crippen molar-refractivity contribution in [3.63, 3.8) is 0 Å². The summed E-state index contributed by atoms with van der Waals surface area (Å²) in [5.74, 6) is 0. The van der Waals surface area contributed by atoms with Gasteiger partial charge in [-0.2, -0.15) is 5.26 Å². The number of aryl methyl sites for hydroxylation is 1. The Morgan fingerprint density at radius 2 is 2.19 bits per heavy atom. The molecule has 0 unspecified atom stereocenters. The van der Waals surface area contributed by atoms with Gasteiger partial charge in [-0.15, -0.1) is 11.3 Å². The lowest BCUT2D eigenvalue weighted by Gasteiger charge is -2.30. The van der Waals surface area contributed by atoms with Gasteiger partial charge in [0.05, 0.1) is 16.1 Å². The van der Waals surface area contributed by atoms with E-state index in [0.29, 0.717) is 5.56 Å². The van der Waals surface area contributed by atoms with Crippen LogP contribution >= 0.6 is 11.3 Å². The second kappa shape index (κ2) is 5.84. The number of nitrogens with one attached hydrogen (secondary N) is 1. The molecule has 0 aromatic carbocycles. The second-order valence-corrected chi connectivity index (χ2v) is 6.17. The summed E-state index contributed by atoms with van der Waals surface area (Å²) in [5.41, 5.74) is 2.96. The first-order valence-electron chi connectivity index (χ1n) is 7.16. The zero-order valence-corrected chi connectivity index (χ0v) is 13.1. The lowest BCUT2D eigenvalue weighted by atomic mass is 10.1. The van der Waals surface area contributed by atoms with Gasteiger partial charge in [-0.3, -0.25) is 0 Å². The summed E-state index contributed by atoms with van der Waals surface area (Å²) < 4.78 is 0. The van der Waals surface area contributed by atoms with Gasteiger partial charge in [-0.05, 0) is 25.5 Å². The summed E-state index contributed by atoms with van der Waals surface area (Å²) >= 11 is 1.71. The van der Waals surface area contributed by atoms with E-state index in [4.69, 9.17) is 0 Å². The third-order valence-corrected chi connectivity index (χ3v) is 4.90. The minimum absolute atomic E-state index is 0.670. The lowest BCUT2D eigenvalue weighted by Crippen LogP contribution is -2.43. The van der Waals surface area contributed by atoms with Gasteiger partial charge in [-0.25, -0.2) is 4.98 Å². The van der Waals surface area contributed by atoms with E-state index in [-0.39, 0.29) is 0 Å². The zero-order chi connectivity index (χ0) is 14.8. The quantitative estimate of drug-likeness (QED) is 0.926. The van der Waals surface area contributed by atoms with Crippen molar-refractivity contribution in [2.24, 2.45) is 0 Å². The highest BCUT2D eigenvalue weighted by atomic mass is 32.1. The summed E-state index contributed by atoms with van der Waals surface area (Å²) in [6.07, 6.45) is 5.90. The highest BCUT2D eigenvalue weighted by molar-refractivity contribution is 7.20. The van der Waals surface area contributed by atoms with E-state index < -0.39 is 0 Å². The van der Waals surface area contributed by atoms with Crippen LogP contribution in [0.5, 0.6) is 0 Å². The number of hydrogen-bond acceptors (Lipinski definition) is 5. The number of hydrogen-bond donors (Lipinski definition) is 1. The molecule has 0 aliphatic carbocycles. The molecule has 2 aromatic rings. The van der Waals surface area contributed by atoms with Crippen molar-refractivity contribution in [3.05, 3.63) is 28.3 Å². The molecule has 3 heterocycles. The molecular weight excluding hydrogens is 280 g/mol. The molecule has 5 heteroatoms. The van der Waals surface area contributed by atoms with Gasteiger partial charge >= 0.3 is 0 Å². The number of thiophene rings is 1. The average Bonchev–Trinajstić information content (AvgIpc) is 2.88. The van der Waals surface area contributed by atoms with Crippen molar-refractivity contribution in [2.75, 3.05) is 31.1 Å². The average molecular weight is 298 g/mol. The Hall–Kier alpha value is -1.90. The summed E-state index contributed by atoms with van der Waals surface area (Å²) in [4.78, 5) is 9.17. The monoisotopic (exact) mass is 298 g/mol. The third kappa shape index (κ3) is 2.41. The third-order valence-electron chi connectivity index (χ3n) is 3.85. The van der Waals surface area contributed by atoms with Gasteiger partial charge in [0.1, 0.15) is 10.9 Å². The lowest BCUT2D eigenvalue weighted by molar-refractivity contribution is 0.590. The van der Waals surface area contributed by atoms with Crippen LogP contribution in [0, 0.1) is 18.3 Å². The Balaban J connectivity index is 2.26. The molecule has 0 saturated carbocycles. The first kappa shape index (κ1) is 14.1. The Kier molecular flexibility index (Phi) is 3.91. The molecule has 4 nitrogen and oxygen atoms in total. The second-order valence-electron chi connectivity index (χ2n) is 5.14. The molecule has 0 radical (unpaired) electrons. The van der Waals surface area contributed by atoms with Gasteiger partial charge in [-0.1, -0.05) is 6.08 Å². The molecule has 1 fully saturated rings. The maximum Gasteiger partial charge on any atom is 0.126 e. The standard InChI is InChI=1S/C16H18N4S/c1-3-4-13-15(20-7-5-18-6-8-20)14-11(2)12(9-17)10-19-16(14)21-13/h3-4,10,18H,5-8H2,1-2H3. The van der Waals surface area contributed by atoms with Crippen LogP contribution in [0.4, 0.5) is 5.69 Å². The largest absolute Gasteiger partial charge is 0.367 e. The van der Waals surface area contributed by atoms with E-state index in [1.54, 1.807) is 17.5 Å². The number of pyridine rings is 1. The van der Waals surface area contributed by atoms with E-state index in [1.807, 2.05) is 13.8 Å². The smallest absolute Gasteiger partial charge is 0.126 e. The summed E-state index contributed by atoms with van der Waals surface area (Å²) in [6.45, 7) is 8.04. The summed E-state index contributed by atoms with van der Waals surface area (Å²) in [7, 11) is 0. The van der Waals surface area contributed by atoms with Crippen LogP contribution in [0.2, 0.25) is 0 Å². The van der Waals surface area contributed by atoms with E-state index in [1.165, 1.54) is 10.6 Å². The SMILES string of the molecule is CC=Cc1sc2ncc(C#N)c(C)c2c1N1CCNCC1. The van der Waals surface area contributed by atoms with Gasteiger partial charge in [0.15, 0.2) is 0 Å². The minimum Gasteiger partial charge on any atom is -0.367 e. The Bertz CT molecular complexity index is 733. The molecule has 2 aromatic heterocycles. The zero-order valence-electron chi connectivity index (χ0n) is 12.3. The van der Waals surface area contributed by atoms with Crippen molar-refractivity contribution < 1.29 is 0 Å². The number of aromatic nitrogens is 1. The van der Waals surface area contributed by atoms with Crippen LogP contribution in [-0.4, -0.2) is 31.2 Å². The fourth-order valence-electron chi connectivity index (χ4n) is 2.79. The molecule has 1 N–H and O–H groups in total. The fraction of sp³-hybridized carbons (Fsp3) is 0.375. The molecule has 1 aliphatic heterocycles. The van der Waals surface area contributed by atoms with E-state index in [9.17, 15) is 5.26 Å². The molecule has 0 amide bonds. The molecule has 0 atom stereocenters. The number of fused-ring (bicyclic) bond motifs is 1. The number of anilines is 1. The summed E-state index contributed by atoms with van der Waals surface area (Å²) in [5, 5.41) is 13.8.